The standard InChI is InChI=1S/C13H15N3O5/c17-12(18)10-6-5-9(16(20)21)7-11(10)15-13(19)14-8-3-1-2-4-8/h5-8H,1-4H2,(H,17,18)(H2,14,15,19). The van der Waals surface area contributed by atoms with E-state index in [9.17, 15) is 19.7 Å². The minimum atomic E-state index is -1.26. The number of carboxylic acid groups (broad SMARTS) is 1. The number of non-ortho nitro benzene ring substituents is 1. The molecule has 1 aromatic rings. The molecule has 8 heteroatoms. The van der Waals surface area contributed by atoms with Crippen molar-refractivity contribution in [2.75, 3.05) is 5.32 Å². The quantitative estimate of drug-likeness (QED) is 0.581. The molecule has 1 fully saturated rings. The molecule has 21 heavy (non-hydrogen) atoms. The van der Waals surface area contributed by atoms with E-state index in [1.807, 2.05) is 0 Å². The van der Waals surface area contributed by atoms with Crippen LogP contribution in [0.4, 0.5) is 16.2 Å². The fourth-order valence-corrected chi connectivity index (χ4v) is 2.35. The van der Waals surface area contributed by atoms with Crippen LogP contribution >= 0.6 is 0 Å². The molecular weight excluding hydrogens is 278 g/mol. The first-order chi connectivity index (χ1) is 9.97. The normalized spacial score (nSPS) is 14.7. The van der Waals surface area contributed by atoms with Crippen molar-refractivity contribution < 1.29 is 19.6 Å². The third-order valence-electron chi connectivity index (χ3n) is 3.38. The summed E-state index contributed by atoms with van der Waals surface area (Å²) in [6.45, 7) is 0. The van der Waals surface area contributed by atoms with Crippen LogP contribution in [0.25, 0.3) is 0 Å². The Morgan fingerprint density at radius 1 is 1.29 bits per heavy atom. The number of nitro groups is 1. The van der Waals surface area contributed by atoms with Crippen molar-refractivity contribution in [2.45, 2.75) is 31.7 Å². The van der Waals surface area contributed by atoms with Crippen LogP contribution in [0.15, 0.2) is 18.2 Å². The van der Waals surface area contributed by atoms with Gasteiger partial charge in [-0.3, -0.25) is 10.1 Å². The first kappa shape index (κ1) is 14.8. The number of carbonyl (C=O) groups excluding carboxylic acids is 1. The number of nitro benzene ring substituents is 1. The van der Waals surface area contributed by atoms with Gasteiger partial charge in [0.2, 0.25) is 0 Å². The molecule has 0 aliphatic heterocycles. The molecule has 1 aliphatic rings. The van der Waals surface area contributed by atoms with E-state index in [1.165, 1.54) is 0 Å². The number of amides is 2. The van der Waals surface area contributed by atoms with Gasteiger partial charge in [0.1, 0.15) is 0 Å². The van der Waals surface area contributed by atoms with E-state index in [4.69, 9.17) is 5.11 Å². The van der Waals surface area contributed by atoms with Crippen molar-refractivity contribution in [3.63, 3.8) is 0 Å². The first-order valence-electron chi connectivity index (χ1n) is 6.56. The molecular formula is C13H15N3O5. The monoisotopic (exact) mass is 293 g/mol. The highest BCUT2D eigenvalue weighted by Crippen LogP contribution is 2.23. The van der Waals surface area contributed by atoms with Gasteiger partial charge in [-0.2, -0.15) is 0 Å². The van der Waals surface area contributed by atoms with Gasteiger partial charge in [-0.15, -0.1) is 0 Å². The van der Waals surface area contributed by atoms with Gasteiger partial charge in [0.05, 0.1) is 16.2 Å². The van der Waals surface area contributed by atoms with Crippen LogP contribution in [0.1, 0.15) is 36.0 Å². The van der Waals surface area contributed by atoms with E-state index in [1.54, 1.807) is 0 Å². The largest absolute Gasteiger partial charge is 0.478 e. The lowest BCUT2D eigenvalue weighted by atomic mass is 10.1. The summed E-state index contributed by atoms with van der Waals surface area (Å²) in [5.74, 6) is -1.26. The molecule has 2 rings (SSSR count). The SMILES string of the molecule is O=C(Nc1cc([N+](=O)[O-])ccc1C(=O)O)NC1CCCC1. The molecule has 112 valence electrons. The van der Waals surface area contributed by atoms with Gasteiger partial charge in [-0.25, -0.2) is 9.59 Å². The number of carboxylic acids is 1. The van der Waals surface area contributed by atoms with Gasteiger partial charge >= 0.3 is 12.0 Å². The van der Waals surface area contributed by atoms with Gasteiger partial charge in [0, 0.05) is 18.2 Å². The molecule has 1 aromatic carbocycles. The third kappa shape index (κ3) is 3.68. The van der Waals surface area contributed by atoms with Crippen molar-refractivity contribution >= 4 is 23.4 Å². The van der Waals surface area contributed by atoms with E-state index < -0.39 is 16.9 Å². The predicted octanol–water partition coefficient (Wildman–Crippen LogP) is 2.36. The Hall–Kier alpha value is -2.64. The maximum atomic E-state index is 11.8. The second kappa shape index (κ2) is 6.21. The van der Waals surface area contributed by atoms with E-state index in [0.717, 1.165) is 43.9 Å². The molecule has 2 amide bonds. The Balaban J connectivity index is 2.15. The number of urea groups is 1. The van der Waals surface area contributed by atoms with E-state index >= 15 is 0 Å². The molecule has 0 radical (unpaired) electrons. The molecule has 8 nitrogen and oxygen atoms in total. The zero-order valence-electron chi connectivity index (χ0n) is 11.2. The van der Waals surface area contributed by atoms with Crippen LogP contribution in [0.3, 0.4) is 0 Å². The Labute approximate surface area is 120 Å². The molecule has 0 atom stereocenters. The van der Waals surface area contributed by atoms with Gasteiger partial charge in [0.15, 0.2) is 0 Å². The van der Waals surface area contributed by atoms with E-state index in [2.05, 4.69) is 10.6 Å². The molecule has 1 saturated carbocycles. The lowest BCUT2D eigenvalue weighted by molar-refractivity contribution is -0.384. The summed E-state index contributed by atoms with van der Waals surface area (Å²) in [7, 11) is 0. The first-order valence-corrected chi connectivity index (χ1v) is 6.56. The highest BCUT2D eigenvalue weighted by molar-refractivity contribution is 6.00. The summed E-state index contributed by atoms with van der Waals surface area (Å²) in [5.41, 5.74) is -0.564. The van der Waals surface area contributed by atoms with Crippen LogP contribution < -0.4 is 10.6 Å². The fraction of sp³-hybridized carbons (Fsp3) is 0.385. The Bertz CT molecular complexity index is 581. The number of rotatable bonds is 4. The molecule has 1 aliphatic carbocycles. The van der Waals surface area contributed by atoms with Crippen molar-refractivity contribution in [2.24, 2.45) is 0 Å². The highest BCUT2D eigenvalue weighted by Gasteiger charge is 2.20. The van der Waals surface area contributed by atoms with Crippen LogP contribution in [-0.2, 0) is 0 Å². The number of nitrogens with one attached hydrogen (secondary N) is 2. The van der Waals surface area contributed by atoms with Crippen LogP contribution in [0.2, 0.25) is 0 Å². The molecule has 3 N–H and O–H groups in total. The van der Waals surface area contributed by atoms with Gasteiger partial charge in [0.25, 0.3) is 5.69 Å². The summed E-state index contributed by atoms with van der Waals surface area (Å²) in [6, 6.07) is 2.74. The lowest BCUT2D eigenvalue weighted by Crippen LogP contribution is -2.36. The lowest BCUT2D eigenvalue weighted by Gasteiger charge is -2.14. The maximum absolute atomic E-state index is 11.8. The minimum absolute atomic E-state index is 0.0666. The third-order valence-corrected chi connectivity index (χ3v) is 3.38. The molecule has 0 heterocycles. The second-order valence-electron chi connectivity index (χ2n) is 4.87. The van der Waals surface area contributed by atoms with Crippen molar-refractivity contribution in [1.82, 2.24) is 5.32 Å². The van der Waals surface area contributed by atoms with Gasteiger partial charge in [-0.05, 0) is 18.9 Å². The second-order valence-corrected chi connectivity index (χ2v) is 4.87. The topological polar surface area (TPSA) is 122 Å². The maximum Gasteiger partial charge on any atom is 0.337 e. The average molecular weight is 293 g/mol. The number of carbonyl (C=O) groups is 2. The summed E-state index contributed by atoms with van der Waals surface area (Å²) in [6.07, 6.45) is 3.85. The van der Waals surface area contributed by atoms with Crippen molar-refractivity contribution in [3.05, 3.63) is 33.9 Å². The Morgan fingerprint density at radius 3 is 2.52 bits per heavy atom. The minimum Gasteiger partial charge on any atom is -0.478 e. The molecule has 0 aromatic heterocycles. The van der Waals surface area contributed by atoms with Crippen molar-refractivity contribution in [3.8, 4) is 0 Å². The summed E-state index contributed by atoms with van der Waals surface area (Å²) >= 11 is 0. The zero-order chi connectivity index (χ0) is 15.4. The van der Waals surface area contributed by atoms with E-state index in [-0.39, 0.29) is 23.0 Å². The zero-order valence-corrected chi connectivity index (χ0v) is 11.2. The average Bonchev–Trinajstić information content (AvgIpc) is 2.90. The number of aromatic carboxylic acids is 1. The van der Waals surface area contributed by atoms with Crippen molar-refractivity contribution in [1.29, 1.82) is 0 Å². The molecule has 0 spiro atoms. The van der Waals surface area contributed by atoms with Crippen LogP contribution in [-0.4, -0.2) is 28.1 Å². The fourth-order valence-electron chi connectivity index (χ4n) is 2.35. The smallest absolute Gasteiger partial charge is 0.337 e. The number of hydrogen-bond acceptors (Lipinski definition) is 4. The summed E-state index contributed by atoms with van der Waals surface area (Å²) < 4.78 is 0. The summed E-state index contributed by atoms with van der Waals surface area (Å²) in [4.78, 5) is 33.0. The highest BCUT2D eigenvalue weighted by atomic mass is 16.6. The van der Waals surface area contributed by atoms with Crippen LogP contribution in [0, 0.1) is 10.1 Å². The Morgan fingerprint density at radius 2 is 1.95 bits per heavy atom. The Kier molecular flexibility index (Phi) is 4.36. The number of hydrogen-bond donors (Lipinski definition) is 3. The van der Waals surface area contributed by atoms with Gasteiger partial charge in [-0.1, -0.05) is 12.8 Å². The number of benzene rings is 1. The predicted molar refractivity (Wildman–Crippen MR) is 74.5 cm³/mol. The molecule has 0 unspecified atom stereocenters. The molecule has 0 saturated heterocycles. The van der Waals surface area contributed by atoms with Gasteiger partial charge < -0.3 is 15.7 Å². The summed E-state index contributed by atoms with van der Waals surface area (Å²) in [5, 5.41) is 24.9. The number of anilines is 1. The van der Waals surface area contributed by atoms with E-state index in [0.29, 0.717) is 0 Å². The van der Waals surface area contributed by atoms with Crippen LogP contribution in [0.5, 0.6) is 0 Å². The number of nitrogens with zero attached hydrogens (tertiary/aromatic N) is 1. The molecule has 0 bridgehead atoms.